The molecule has 0 saturated heterocycles. The Morgan fingerprint density at radius 1 is 1.36 bits per heavy atom. The van der Waals surface area contributed by atoms with E-state index in [0.717, 1.165) is 10.9 Å². The van der Waals surface area contributed by atoms with Gasteiger partial charge in [-0.25, -0.2) is 0 Å². The summed E-state index contributed by atoms with van der Waals surface area (Å²) >= 11 is 6.37. The van der Waals surface area contributed by atoms with E-state index in [9.17, 15) is 9.59 Å². The summed E-state index contributed by atoms with van der Waals surface area (Å²) in [5.41, 5.74) is 1.17. The minimum absolute atomic E-state index is 0.183. The quantitative estimate of drug-likeness (QED) is 0.919. The van der Waals surface area contributed by atoms with Gasteiger partial charge < -0.3 is 14.6 Å². The van der Waals surface area contributed by atoms with Crippen LogP contribution in [0.2, 0.25) is 5.02 Å². The molecule has 0 aliphatic heterocycles. The summed E-state index contributed by atoms with van der Waals surface area (Å²) in [7, 11) is 1.76. The second kappa shape index (κ2) is 6.40. The average molecular weight is 323 g/mol. The molecule has 5 nitrogen and oxygen atoms in total. The number of aryl methyl sites for hydroxylation is 1. The minimum atomic E-state index is -1.04. The van der Waals surface area contributed by atoms with Gasteiger partial charge in [0.15, 0.2) is 0 Å². The zero-order valence-corrected chi connectivity index (χ0v) is 13.6. The van der Waals surface area contributed by atoms with E-state index >= 15 is 0 Å². The number of carboxylic acid groups (broad SMARTS) is 1. The number of fused-ring (bicyclic) bond motifs is 1. The normalized spacial score (nSPS) is 12.4. The van der Waals surface area contributed by atoms with Crippen LogP contribution in [0, 0.1) is 0 Å². The maximum absolute atomic E-state index is 12.8. The molecule has 22 heavy (non-hydrogen) atoms. The lowest BCUT2D eigenvalue weighted by atomic mass is 10.2. The summed E-state index contributed by atoms with van der Waals surface area (Å²) in [5.74, 6) is -1.40. The van der Waals surface area contributed by atoms with Gasteiger partial charge in [0.25, 0.3) is 5.91 Å². The summed E-state index contributed by atoms with van der Waals surface area (Å²) < 4.78 is 1.72. The molecule has 0 radical (unpaired) electrons. The van der Waals surface area contributed by atoms with E-state index in [1.54, 1.807) is 11.6 Å². The molecule has 6 heteroatoms. The Hall–Kier alpha value is -2.01. The zero-order chi connectivity index (χ0) is 16.4. The van der Waals surface area contributed by atoms with Crippen LogP contribution in [0.25, 0.3) is 10.9 Å². The molecule has 1 N–H and O–H groups in total. The van der Waals surface area contributed by atoms with Crippen molar-refractivity contribution in [1.82, 2.24) is 9.47 Å². The molecule has 2 rings (SSSR count). The van der Waals surface area contributed by atoms with Crippen LogP contribution in [0.5, 0.6) is 0 Å². The van der Waals surface area contributed by atoms with E-state index in [-0.39, 0.29) is 18.5 Å². The number of carbonyl (C=O) groups is 2. The molecule has 0 fully saturated rings. The number of hydrogen-bond donors (Lipinski definition) is 1. The number of para-hydroxylation sites is 1. The fraction of sp³-hybridized carbons (Fsp3) is 0.375. The molecule has 118 valence electrons. The summed E-state index contributed by atoms with van der Waals surface area (Å²) in [6, 6.07) is 7.27. The van der Waals surface area contributed by atoms with Gasteiger partial charge in [-0.1, -0.05) is 36.7 Å². The number of rotatable bonds is 5. The van der Waals surface area contributed by atoms with E-state index in [1.165, 1.54) is 4.90 Å². The summed E-state index contributed by atoms with van der Waals surface area (Å²) in [5, 5.41) is 10.2. The number of carbonyl (C=O) groups excluding carboxylic acids is 1. The molecule has 1 unspecified atom stereocenters. The Bertz CT molecular complexity index is 684. The largest absolute Gasteiger partial charge is 0.480 e. The fourth-order valence-electron chi connectivity index (χ4n) is 2.51. The van der Waals surface area contributed by atoms with Crippen molar-refractivity contribution in [2.75, 3.05) is 6.54 Å². The highest BCUT2D eigenvalue weighted by Gasteiger charge is 2.28. The average Bonchev–Trinajstić information content (AvgIpc) is 2.75. The van der Waals surface area contributed by atoms with Gasteiger partial charge in [-0.15, -0.1) is 0 Å². The van der Waals surface area contributed by atoms with Crippen molar-refractivity contribution in [2.24, 2.45) is 7.05 Å². The Morgan fingerprint density at radius 3 is 2.55 bits per heavy atom. The maximum atomic E-state index is 12.8. The van der Waals surface area contributed by atoms with Crippen LogP contribution < -0.4 is 0 Å². The van der Waals surface area contributed by atoms with Crippen LogP contribution in [-0.2, 0) is 11.8 Å². The number of amides is 1. The smallest absolute Gasteiger partial charge is 0.323 e. The Morgan fingerprint density at radius 2 is 2.00 bits per heavy atom. The van der Waals surface area contributed by atoms with Gasteiger partial charge in [0.1, 0.15) is 12.2 Å². The second-order valence-corrected chi connectivity index (χ2v) is 5.70. The Labute approximate surface area is 134 Å². The van der Waals surface area contributed by atoms with Gasteiger partial charge in [0.05, 0.1) is 5.02 Å². The van der Waals surface area contributed by atoms with Gasteiger partial charge in [-0.05, 0) is 19.4 Å². The molecule has 0 aliphatic carbocycles. The molecule has 1 heterocycles. The third-order valence-corrected chi connectivity index (χ3v) is 4.32. The highest BCUT2D eigenvalue weighted by atomic mass is 35.5. The molecular weight excluding hydrogens is 304 g/mol. The van der Waals surface area contributed by atoms with Crippen molar-refractivity contribution in [1.29, 1.82) is 0 Å². The minimum Gasteiger partial charge on any atom is -0.480 e. The third-order valence-electron chi connectivity index (χ3n) is 3.94. The highest BCUT2D eigenvalue weighted by molar-refractivity contribution is 6.38. The van der Waals surface area contributed by atoms with E-state index in [4.69, 9.17) is 16.7 Å². The lowest BCUT2D eigenvalue weighted by Crippen LogP contribution is -2.42. The SMILES string of the molecule is CCC(C)N(CC(=O)O)C(=O)c1c(Cl)c2ccccc2n1C. The monoisotopic (exact) mass is 322 g/mol. The van der Waals surface area contributed by atoms with Crippen LogP contribution in [0.4, 0.5) is 0 Å². The van der Waals surface area contributed by atoms with Crippen molar-refractivity contribution in [3.8, 4) is 0 Å². The molecule has 0 saturated carbocycles. The van der Waals surface area contributed by atoms with Crippen molar-refractivity contribution in [3.63, 3.8) is 0 Å². The molecular formula is C16H19ClN2O3. The first-order valence-corrected chi connectivity index (χ1v) is 7.51. The first kappa shape index (κ1) is 16.4. The van der Waals surface area contributed by atoms with Crippen molar-refractivity contribution < 1.29 is 14.7 Å². The van der Waals surface area contributed by atoms with E-state index in [0.29, 0.717) is 17.1 Å². The summed E-state index contributed by atoms with van der Waals surface area (Å²) in [6.45, 7) is 3.40. The Balaban J connectivity index is 2.53. The number of hydrogen-bond acceptors (Lipinski definition) is 2. The van der Waals surface area contributed by atoms with E-state index in [2.05, 4.69) is 0 Å². The number of carboxylic acids is 1. The predicted octanol–water partition coefficient (Wildman–Crippen LogP) is 3.16. The molecule has 0 aliphatic rings. The standard InChI is InChI=1S/C16H19ClN2O3/c1-4-10(2)19(9-13(20)21)16(22)15-14(17)11-7-5-6-8-12(11)18(15)3/h5-8,10H,4,9H2,1-3H3,(H,20,21). The summed E-state index contributed by atoms with van der Waals surface area (Å²) in [4.78, 5) is 25.3. The number of nitrogens with zero attached hydrogens (tertiary/aromatic N) is 2. The zero-order valence-electron chi connectivity index (χ0n) is 12.8. The van der Waals surface area contributed by atoms with Crippen LogP contribution >= 0.6 is 11.6 Å². The highest BCUT2D eigenvalue weighted by Crippen LogP contribution is 2.31. The Kier molecular flexibility index (Phi) is 4.76. The van der Waals surface area contributed by atoms with Crippen LogP contribution in [0.15, 0.2) is 24.3 Å². The maximum Gasteiger partial charge on any atom is 0.323 e. The molecule has 1 amide bonds. The van der Waals surface area contributed by atoms with Crippen LogP contribution in [0.1, 0.15) is 30.8 Å². The van der Waals surface area contributed by atoms with Gasteiger partial charge in [-0.3, -0.25) is 9.59 Å². The lowest BCUT2D eigenvalue weighted by molar-refractivity contribution is -0.138. The third kappa shape index (κ3) is 2.81. The number of halogens is 1. The second-order valence-electron chi connectivity index (χ2n) is 5.32. The van der Waals surface area contributed by atoms with Crippen LogP contribution in [-0.4, -0.2) is 39.0 Å². The fourth-order valence-corrected chi connectivity index (χ4v) is 2.88. The predicted molar refractivity (Wildman–Crippen MR) is 86.4 cm³/mol. The van der Waals surface area contributed by atoms with E-state index in [1.807, 2.05) is 38.1 Å². The summed E-state index contributed by atoms with van der Waals surface area (Å²) in [6.07, 6.45) is 0.667. The van der Waals surface area contributed by atoms with Gasteiger partial charge in [0.2, 0.25) is 0 Å². The lowest BCUT2D eigenvalue weighted by Gasteiger charge is -2.27. The van der Waals surface area contributed by atoms with Crippen molar-refractivity contribution >= 4 is 34.4 Å². The molecule has 0 bridgehead atoms. The van der Waals surface area contributed by atoms with Crippen LogP contribution in [0.3, 0.4) is 0 Å². The first-order chi connectivity index (χ1) is 10.4. The molecule has 2 aromatic rings. The van der Waals surface area contributed by atoms with Gasteiger partial charge in [-0.2, -0.15) is 0 Å². The molecule has 1 aromatic carbocycles. The van der Waals surface area contributed by atoms with E-state index < -0.39 is 5.97 Å². The van der Waals surface area contributed by atoms with Gasteiger partial charge in [0, 0.05) is 24.0 Å². The van der Waals surface area contributed by atoms with Crippen molar-refractivity contribution in [2.45, 2.75) is 26.3 Å². The molecule has 1 aromatic heterocycles. The van der Waals surface area contributed by atoms with Gasteiger partial charge >= 0.3 is 5.97 Å². The number of aromatic nitrogens is 1. The molecule has 0 spiro atoms. The molecule has 1 atom stereocenters. The van der Waals surface area contributed by atoms with Crippen molar-refractivity contribution in [3.05, 3.63) is 35.0 Å². The number of aliphatic carboxylic acids is 1. The number of benzene rings is 1. The first-order valence-electron chi connectivity index (χ1n) is 7.14. The topological polar surface area (TPSA) is 62.5 Å².